The molecule has 0 saturated heterocycles. The third kappa shape index (κ3) is 4.25. The number of hydrogen-bond donors (Lipinski definition) is 0. The Morgan fingerprint density at radius 2 is 0.970 bits per heavy atom. The van der Waals surface area contributed by atoms with Crippen molar-refractivity contribution in [2.24, 2.45) is 0 Å². The van der Waals surface area contributed by atoms with Gasteiger partial charge in [0.1, 0.15) is 23.6 Å². The number of rotatable bonds is 4. The fourth-order valence-corrected chi connectivity index (χ4v) is 5.60. The van der Waals surface area contributed by atoms with Crippen molar-refractivity contribution in [1.29, 1.82) is 0 Å². The van der Waals surface area contributed by atoms with E-state index in [9.17, 15) is 9.59 Å². The fraction of sp³-hybridized carbons (Fsp3) is 0.286. The highest BCUT2D eigenvalue weighted by Gasteiger charge is 2.24. The van der Waals surface area contributed by atoms with E-state index < -0.39 is 0 Å². The third-order valence-electron chi connectivity index (χ3n) is 6.70. The Morgan fingerprint density at radius 1 is 0.576 bits per heavy atom. The SMILES string of the molecule is O=Cc1ccc(-c2c3c(c(-c4ccc(C=O)cc4)c4nsnc24)CCCCCCCC3)cc1. The summed E-state index contributed by atoms with van der Waals surface area (Å²) in [5.74, 6) is 0. The zero-order valence-electron chi connectivity index (χ0n) is 18.5. The van der Waals surface area contributed by atoms with E-state index in [2.05, 4.69) is 0 Å². The molecule has 166 valence electrons. The van der Waals surface area contributed by atoms with E-state index in [0.29, 0.717) is 11.1 Å². The molecule has 1 aliphatic rings. The van der Waals surface area contributed by atoms with Gasteiger partial charge in [0.15, 0.2) is 0 Å². The molecule has 0 radical (unpaired) electrons. The Bertz CT molecular complexity index is 1190. The second-order valence-electron chi connectivity index (χ2n) is 8.77. The summed E-state index contributed by atoms with van der Waals surface area (Å²) in [6.07, 6.45) is 11.1. The van der Waals surface area contributed by atoms with Crippen LogP contribution < -0.4 is 0 Å². The molecule has 0 saturated carbocycles. The van der Waals surface area contributed by atoms with Crippen molar-refractivity contribution in [3.63, 3.8) is 0 Å². The molecule has 33 heavy (non-hydrogen) atoms. The summed E-state index contributed by atoms with van der Waals surface area (Å²) < 4.78 is 9.53. The van der Waals surface area contributed by atoms with Crippen LogP contribution in [0.1, 0.15) is 70.4 Å². The van der Waals surface area contributed by atoms with Crippen LogP contribution in [0.15, 0.2) is 48.5 Å². The summed E-state index contributed by atoms with van der Waals surface area (Å²) in [6, 6.07) is 15.7. The number of fused-ring (bicyclic) bond motifs is 2. The number of aromatic nitrogens is 2. The Balaban J connectivity index is 1.80. The van der Waals surface area contributed by atoms with E-state index in [1.54, 1.807) is 0 Å². The van der Waals surface area contributed by atoms with Crippen molar-refractivity contribution in [2.45, 2.75) is 51.4 Å². The van der Waals surface area contributed by atoms with Crippen LogP contribution >= 0.6 is 11.7 Å². The highest BCUT2D eigenvalue weighted by molar-refractivity contribution is 7.00. The molecule has 5 heteroatoms. The number of carbonyl (C=O) groups is 2. The average Bonchev–Trinajstić information content (AvgIpc) is 3.35. The maximum Gasteiger partial charge on any atom is 0.150 e. The number of nitrogens with zero attached hydrogens (tertiary/aromatic N) is 2. The number of benzene rings is 3. The van der Waals surface area contributed by atoms with Crippen LogP contribution in [-0.4, -0.2) is 21.3 Å². The maximum atomic E-state index is 11.2. The molecule has 0 spiro atoms. The van der Waals surface area contributed by atoms with Crippen molar-refractivity contribution in [3.05, 3.63) is 70.8 Å². The van der Waals surface area contributed by atoms with Crippen LogP contribution in [0.25, 0.3) is 33.3 Å². The molecule has 0 bridgehead atoms. The van der Waals surface area contributed by atoms with Gasteiger partial charge in [-0.05, 0) is 47.9 Å². The van der Waals surface area contributed by atoms with E-state index in [-0.39, 0.29) is 0 Å². The predicted molar refractivity (Wildman–Crippen MR) is 134 cm³/mol. The molecule has 1 aliphatic carbocycles. The van der Waals surface area contributed by atoms with Gasteiger partial charge in [0.25, 0.3) is 0 Å². The van der Waals surface area contributed by atoms with Gasteiger partial charge in [-0.3, -0.25) is 9.59 Å². The maximum absolute atomic E-state index is 11.2. The molecule has 1 aromatic heterocycles. The van der Waals surface area contributed by atoms with Gasteiger partial charge in [0.2, 0.25) is 0 Å². The van der Waals surface area contributed by atoms with Gasteiger partial charge in [-0.1, -0.05) is 74.2 Å². The van der Waals surface area contributed by atoms with Crippen molar-refractivity contribution < 1.29 is 9.59 Å². The minimum atomic E-state index is 0.675. The number of carbonyl (C=O) groups excluding carboxylic acids is 2. The molecule has 0 atom stereocenters. The Kier molecular flexibility index (Phi) is 6.40. The summed E-state index contributed by atoms with van der Waals surface area (Å²) >= 11 is 1.25. The minimum Gasteiger partial charge on any atom is -0.298 e. The van der Waals surface area contributed by atoms with Crippen molar-refractivity contribution in [2.75, 3.05) is 0 Å². The van der Waals surface area contributed by atoms with Crippen LogP contribution in [0.2, 0.25) is 0 Å². The van der Waals surface area contributed by atoms with Crippen molar-refractivity contribution in [3.8, 4) is 22.3 Å². The summed E-state index contributed by atoms with van der Waals surface area (Å²) in [5, 5.41) is 0. The summed E-state index contributed by atoms with van der Waals surface area (Å²) in [7, 11) is 0. The highest BCUT2D eigenvalue weighted by atomic mass is 32.1. The lowest BCUT2D eigenvalue weighted by Gasteiger charge is -2.22. The molecular formula is C28H26N2O2S. The molecule has 0 aliphatic heterocycles. The van der Waals surface area contributed by atoms with E-state index in [1.165, 1.54) is 59.7 Å². The molecule has 0 amide bonds. The lowest BCUT2D eigenvalue weighted by Crippen LogP contribution is -2.05. The molecule has 0 fully saturated rings. The predicted octanol–water partition coefficient (Wildman–Crippen LogP) is 7.09. The van der Waals surface area contributed by atoms with Gasteiger partial charge in [-0.25, -0.2) is 0 Å². The van der Waals surface area contributed by atoms with Gasteiger partial charge >= 0.3 is 0 Å². The second kappa shape index (κ2) is 9.75. The first kappa shape index (κ1) is 21.7. The van der Waals surface area contributed by atoms with Gasteiger partial charge < -0.3 is 0 Å². The van der Waals surface area contributed by atoms with E-state index in [1.807, 2.05) is 48.5 Å². The largest absolute Gasteiger partial charge is 0.298 e. The van der Waals surface area contributed by atoms with Gasteiger partial charge in [-0.15, -0.1) is 0 Å². The minimum absolute atomic E-state index is 0.675. The van der Waals surface area contributed by atoms with Gasteiger partial charge in [-0.2, -0.15) is 8.75 Å². The molecular weight excluding hydrogens is 428 g/mol. The average molecular weight is 455 g/mol. The first-order chi connectivity index (χ1) is 16.3. The van der Waals surface area contributed by atoms with Crippen LogP contribution in [0, 0.1) is 0 Å². The third-order valence-corrected chi connectivity index (χ3v) is 7.23. The first-order valence-electron chi connectivity index (χ1n) is 11.7. The molecule has 0 N–H and O–H groups in total. The summed E-state index contributed by atoms with van der Waals surface area (Å²) in [6.45, 7) is 0. The Morgan fingerprint density at radius 3 is 1.36 bits per heavy atom. The molecule has 1 heterocycles. The topological polar surface area (TPSA) is 59.9 Å². The van der Waals surface area contributed by atoms with Crippen LogP contribution in [0.4, 0.5) is 0 Å². The number of hydrogen-bond acceptors (Lipinski definition) is 5. The van der Waals surface area contributed by atoms with E-state index in [4.69, 9.17) is 8.75 Å². The highest BCUT2D eigenvalue weighted by Crippen LogP contribution is 2.43. The normalized spacial score (nSPS) is 14.5. The lowest BCUT2D eigenvalue weighted by atomic mass is 9.82. The fourth-order valence-electron chi connectivity index (χ4n) is 5.05. The lowest BCUT2D eigenvalue weighted by molar-refractivity contribution is 0.111. The van der Waals surface area contributed by atoms with Crippen LogP contribution in [-0.2, 0) is 12.8 Å². The summed E-state index contributed by atoms with van der Waals surface area (Å²) in [5.41, 5.74) is 10.5. The zero-order valence-corrected chi connectivity index (χ0v) is 19.4. The monoisotopic (exact) mass is 454 g/mol. The van der Waals surface area contributed by atoms with E-state index in [0.717, 1.165) is 60.4 Å². The van der Waals surface area contributed by atoms with E-state index >= 15 is 0 Å². The standard InChI is InChI=1S/C28H26N2O2S/c31-17-19-9-13-21(14-10-19)25-23-7-5-3-1-2-4-6-8-24(23)26(28-27(25)29-33-30-28)22-15-11-20(18-32)12-16-22/h9-18H,1-8H2. The molecule has 4 aromatic rings. The quantitative estimate of drug-likeness (QED) is 0.309. The van der Waals surface area contributed by atoms with Crippen LogP contribution in [0.5, 0.6) is 0 Å². The molecule has 3 aromatic carbocycles. The Labute approximate surface area is 198 Å². The van der Waals surface area contributed by atoms with Gasteiger partial charge in [0.05, 0.1) is 11.7 Å². The summed E-state index contributed by atoms with van der Waals surface area (Å²) in [4.78, 5) is 22.4. The molecule has 5 rings (SSSR count). The zero-order chi connectivity index (χ0) is 22.6. The van der Waals surface area contributed by atoms with Gasteiger partial charge in [0, 0.05) is 22.3 Å². The second-order valence-corrected chi connectivity index (χ2v) is 9.30. The van der Waals surface area contributed by atoms with Crippen LogP contribution in [0.3, 0.4) is 0 Å². The van der Waals surface area contributed by atoms with Crippen molar-refractivity contribution in [1.82, 2.24) is 8.75 Å². The Hall–Kier alpha value is -3.18. The first-order valence-corrected chi connectivity index (χ1v) is 12.4. The smallest absolute Gasteiger partial charge is 0.150 e. The molecule has 0 unspecified atom stereocenters. The molecule has 4 nitrogen and oxygen atoms in total. The number of aldehydes is 2. The van der Waals surface area contributed by atoms with Crippen molar-refractivity contribution >= 4 is 35.3 Å².